The van der Waals surface area contributed by atoms with Crippen LogP contribution in [-0.2, 0) is 0 Å². The van der Waals surface area contributed by atoms with Crippen LogP contribution in [0.3, 0.4) is 0 Å². The third kappa shape index (κ3) is 14.5. The molecule has 0 saturated heterocycles. The van der Waals surface area contributed by atoms with Crippen LogP contribution < -0.4 is 5.11 Å². The number of hydrogen-bond acceptors (Lipinski definition) is 1. The molecule has 0 radical (unpaired) electrons. The van der Waals surface area contributed by atoms with Gasteiger partial charge in [0.15, 0.2) is 0 Å². The van der Waals surface area contributed by atoms with E-state index in [4.69, 9.17) is 5.11 Å². The second-order valence-corrected chi connectivity index (χ2v) is 0.289. The van der Waals surface area contributed by atoms with Gasteiger partial charge in [0.05, 0.1) is 0 Å². The van der Waals surface area contributed by atoms with Crippen molar-refractivity contribution in [3.8, 4) is 0 Å². The topological polar surface area (TPSA) is 23.1 Å². The molecule has 0 unspecified atom stereocenters. The zero-order chi connectivity index (χ0) is 2.71. The zero-order valence-corrected chi connectivity index (χ0v) is 5.12. The van der Waals surface area contributed by atoms with Crippen molar-refractivity contribution in [3.05, 3.63) is 0 Å². The van der Waals surface area contributed by atoms with Crippen LogP contribution in [0.25, 0.3) is 0 Å². The van der Waals surface area contributed by atoms with Crippen molar-refractivity contribution in [2.75, 3.05) is 6.61 Å². The quantitative estimate of drug-likeness (QED) is 0.423. The minimum atomic E-state index is 0. The molecule has 0 fully saturated rings. The number of hydrogen-bond donors (Lipinski definition) is 0. The first-order valence-corrected chi connectivity index (χ1v) is 0.996. The van der Waals surface area contributed by atoms with Gasteiger partial charge in [0.25, 0.3) is 0 Å². The van der Waals surface area contributed by atoms with E-state index < -0.39 is 0 Å². The average molecular weight is 167 g/mol. The van der Waals surface area contributed by atoms with Crippen LogP contribution in [-0.4, -0.2) is 31.0 Å². The normalized spacial score (nSPS) is 4.50. The maximum absolute atomic E-state index is 8.93. The van der Waals surface area contributed by atoms with Crippen molar-refractivity contribution in [2.24, 2.45) is 0 Å². The minimum absolute atomic E-state index is 0. The van der Waals surface area contributed by atoms with Gasteiger partial charge in [0, 0.05) is 0 Å². The van der Waals surface area contributed by atoms with E-state index in [1.165, 1.54) is 0 Å². The molecule has 2 heteroatoms. The summed E-state index contributed by atoms with van der Waals surface area (Å²) in [5.41, 5.74) is 0. The summed E-state index contributed by atoms with van der Waals surface area (Å²) in [7, 11) is 0. The second-order valence-electron chi connectivity index (χ2n) is 0.289. The number of rotatable bonds is 0. The Balaban J connectivity index is 0. The molecule has 0 aromatic rings. The second kappa shape index (κ2) is 9.22. The molecule has 0 spiro atoms. The maximum atomic E-state index is 8.93. The summed E-state index contributed by atoms with van der Waals surface area (Å²) in [5.74, 6) is 0. The van der Waals surface area contributed by atoms with Crippen molar-refractivity contribution in [1.29, 1.82) is 0 Å². The van der Waals surface area contributed by atoms with Crippen molar-refractivity contribution in [2.45, 2.75) is 6.92 Å². The minimum Gasteiger partial charge on any atom is -0.855 e. The van der Waals surface area contributed by atoms with Crippen LogP contribution in [0.4, 0.5) is 0 Å². The summed E-state index contributed by atoms with van der Waals surface area (Å²) in [6.45, 7) is 1.57. The Morgan fingerprint density at radius 1 is 1.75 bits per heavy atom. The van der Waals surface area contributed by atoms with E-state index in [0.717, 1.165) is 0 Å². The Morgan fingerprint density at radius 2 is 1.75 bits per heavy atom. The van der Waals surface area contributed by atoms with Gasteiger partial charge >= 0.3 is 24.4 Å². The van der Waals surface area contributed by atoms with Gasteiger partial charge in [-0.25, -0.2) is 0 Å². The molecule has 0 aliphatic heterocycles. The standard InChI is InChI=1S/C2H5O.Sb/c1-2-3;/h2H2,1H3;/q-1;+5. The predicted molar refractivity (Wildman–Crippen MR) is 16.3 cm³/mol. The summed E-state index contributed by atoms with van der Waals surface area (Å²) in [6.07, 6.45) is 0. The zero-order valence-electron chi connectivity index (χ0n) is 2.56. The summed E-state index contributed by atoms with van der Waals surface area (Å²) < 4.78 is 0. The SMILES string of the molecule is CC[O-].[Sb+5]. The average Bonchev–Trinajstić information content (AvgIpc) is 0.918. The van der Waals surface area contributed by atoms with E-state index >= 15 is 0 Å². The molecule has 0 atom stereocenters. The fraction of sp³-hybridized carbons (Fsp3) is 1.00. The first kappa shape index (κ1) is 8.84. The molecule has 0 aromatic heterocycles. The molecule has 0 amide bonds. The molecular formula is C2H5OSb+4. The first-order chi connectivity index (χ1) is 1.41. The van der Waals surface area contributed by atoms with Crippen LogP contribution >= 0.6 is 0 Å². The summed E-state index contributed by atoms with van der Waals surface area (Å²) in [4.78, 5) is 0. The van der Waals surface area contributed by atoms with Gasteiger partial charge < -0.3 is 5.11 Å². The Hall–Kier alpha value is 0.778. The van der Waals surface area contributed by atoms with E-state index in [2.05, 4.69) is 0 Å². The Bertz CT molecular complexity index is 6.00. The van der Waals surface area contributed by atoms with Gasteiger partial charge in [-0.05, 0) is 0 Å². The van der Waals surface area contributed by atoms with Crippen LogP contribution in [0.5, 0.6) is 0 Å². The third-order valence-electron chi connectivity index (χ3n) is 0. The molecule has 0 saturated carbocycles. The molecule has 0 aromatic carbocycles. The van der Waals surface area contributed by atoms with E-state index in [1.54, 1.807) is 6.92 Å². The molecule has 1 nitrogen and oxygen atoms in total. The van der Waals surface area contributed by atoms with E-state index in [-0.39, 0.29) is 31.0 Å². The van der Waals surface area contributed by atoms with Gasteiger partial charge in [-0.1, -0.05) is 6.92 Å². The Kier molecular flexibility index (Phi) is 20.4. The Morgan fingerprint density at radius 3 is 1.75 bits per heavy atom. The van der Waals surface area contributed by atoms with Crippen LogP contribution in [0, 0.1) is 0 Å². The molecule has 4 heavy (non-hydrogen) atoms. The molecule has 20 valence electrons. The van der Waals surface area contributed by atoms with Crippen LogP contribution in [0.15, 0.2) is 0 Å². The molecule has 0 bridgehead atoms. The molecule has 0 heterocycles. The summed E-state index contributed by atoms with van der Waals surface area (Å²) in [5, 5.41) is 8.93. The molecule has 0 aliphatic carbocycles. The summed E-state index contributed by atoms with van der Waals surface area (Å²) in [6, 6.07) is 0. The van der Waals surface area contributed by atoms with Crippen LogP contribution in [0.2, 0.25) is 0 Å². The van der Waals surface area contributed by atoms with Crippen molar-refractivity contribution in [3.63, 3.8) is 0 Å². The van der Waals surface area contributed by atoms with Crippen LogP contribution in [0.1, 0.15) is 6.92 Å². The smallest absolute Gasteiger partial charge is 0.855 e. The largest absolute Gasteiger partial charge is 5.00 e. The molecule has 0 rings (SSSR count). The van der Waals surface area contributed by atoms with Crippen molar-refractivity contribution >= 4 is 24.4 Å². The third-order valence-corrected chi connectivity index (χ3v) is 0. The van der Waals surface area contributed by atoms with Gasteiger partial charge in [-0.3, -0.25) is 0 Å². The maximum Gasteiger partial charge on any atom is 5.00 e. The predicted octanol–water partition coefficient (Wildman–Crippen LogP) is -1.01. The summed E-state index contributed by atoms with van der Waals surface area (Å²) >= 11 is 0. The van der Waals surface area contributed by atoms with Crippen molar-refractivity contribution in [1.82, 2.24) is 0 Å². The Labute approximate surface area is 43.5 Å². The van der Waals surface area contributed by atoms with Crippen molar-refractivity contribution < 1.29 is 5.11 Å². The van der Waals surface area contributed by atoms with Gasteiger partial charge in [0.1, 0.15) is 0 Å². The van der Waals surface area contributed by atoms with E-state index in [0.29, 0.717) is 0 Å². The van der Waals surface area contributed by atoms with Gasteiger partial charge in [-0.2, -0.15) is 0 Å². The monoisotopic (exact) mass is 166 g/mol. The molecular weight excluding hydrogens is 162 g/mol. The first-order valence-electron chi connectivity index (χ1n) is 0.996. The fourth-order valence-corrected chi connectivity index (χ4v) is 0. The molecule has 0 aliphatic rings. The molecule has 0 N–H and O–H groups in total. The van der Waals surface area contributed by atoms with E-state index in [1.807, 2.05) is 0 Å². The van der Waals surface area contributed by atoms with Gasteiger partial charge in [0.2, 0.25) is 0 Å². The fourth-order valence-electron chi connectivity index (χ4n) is 0. The van der Waals surface area contributed by atoms with Gasteiger partial charge in [-0.15, -0.1) is 6.61 Å². The van der Waals surface area contributed by atoms with E-state index in [9.17, 15) is 0 Å².